The van der Waals surface area contributed by atoms with Crippen LogP contribution in [0.5, 0.6) is 5.75 Å². The number of anilines is 2. The first kappa shape index (κ1) is 20.2. The number of nitrogens with zero attached hydrogens (tertiary/aromatic N) is 3. The van der Waals surface area contributed by atoms with Crippen molar-refractivity contribution in [3.05, 3.63) is 52.6 Å². The number of rotatable bonds is 7. The third-order valence-electron chi connectivity index (χ3n) is 3.30. The van der Waals surface area contributed by atoms with E-state index in [0.29, 0.717) is 26.6 Å². The first-order valence-corrected chi connectivity index (χ1v) is 10.5. The predicted octanol–water partition coefficient (Wildman–Crippen LogP) is 3.69. The van der Waals surface area contributed by atoms with Crippen LogP contribution >= 0.6 is 39.0 Å². The highest BCUT2D eigenvalue weighted by Gasteiger charge is 2.15. The van der Waals surface area contributed by atoms with Gasteiger partial charge in [0.05, 0.1) is 18.4 Å². The Kier molecular flexibility index (Phi) is 6.95. The predicted molar refractivity (Wildman–Crippen MR) is 112 cm³/mol. The molecule has 0 aliphatic rings. The molecule has 28 heavy (non-hydrogen) atoms. The average Bonchev–Trinajstić information content (AvgIpc) is 3.15. The second-order valence-electron chi connectivity index (χ2n) is 5.23. The molecule has 144 valence electrons. The summed E-state index contributed by atoms with van der Waals surface area (Å²) in [5, 5.41) is 13.6. The highest BCUT2D eigenvalue weighted by molar-refractivity contribution is 9.10. The average molecular weight is 480 g/mol. The molecule has 3 rings (SSSR count). The Balaban J connectivity index is 1.53. The molecule has 0 saturated carbocycles. The summed E-state index contributed by atoms with van der Waals surface area (Å²) in [4.78, 5) is 28.4. The zero-order valence-corrected chi connectivity index (χ0v) is 17.7. The summed E-state index contributed by atoms with van der Waals surface area (Å²) in [5.74, 6) is 0.527. The quantitative estimate of drug-likeness (QED) is 0.393. The van der Waals surface area contributed by atoms with Gasteiger partial charge >= 0.3 is 0 Å². The van der Waals surface area contributed by atoms with Gasteiger partial charge in [-0.2, -0.15) is 0 Å². The van der Waals surface area contributed by atoms with Crippen LogP contribution < -0.4 is 15.4 Å². The monoisotopic (exact) mass is 479 g/mol. The van der Waals surface area contributed by atoms with Crippen LogP contribution in [-0.4, -0.2) is 39.9 Å². The van der Waals surface area contributed by atoms with Crippen molar-refractivity contribution in [3.8, 4) is 5.75 Å². The Hall–Kier alpha value is -2.50. The summed E-state index contributed by atoms with van der Waals surface area (Å²) in [6.45, 7) is 0. The number of carbonyl (C=O) groups is 2. The van der Waals surface area contributed by atoms with Crippen molar-refractivity contribution >= 4 is 61.8 Å². The standard InChI is InChI=1S/C17H14BrN5O3S2/c1-26-12-5-3-2-4-11(12)15(25)21-16-22-23-17(28-16)27-9-14(24)20-13-7-6-10(18)8-19-13/h2-8H,9H2,1H3,(H,19,20,24)(H,21,22,25). The van der Waals surface area contributed by atoms with Crippen molar-refractivity contribution in [2.24, 2.45) is 0 Å². The maximum absolute atomic E-state index is 12.4. The van der Waals surface area contributed by atoms with E-state index in [0.717, 1.165) is 4.47 Å². The Morgan fingerprint density at radius 3 is 2.75 bits per heavy atom. The van der Waals surface area contributed by atoms with E-state index in [1.807, 2.05) is 0 Å². The van der Waals surface area contributed by atoms with Gasteiger partial charge in [0.1, 0.15) is 11.6 Å². The molecule has 0 atom stereocenters. The second kappa shape index (κ2) is 9.62. The van der Waals surface area contributed by atoms with Crippen molar-refractivity contribution in [1.29, 1.82) is 0 Å². The topological polar surface area (TPSA) is 106 Å². The van der Waals surface area contributed by atoms with E-state index < -0.39 is 0 Å². The molecule has 0 unspecified atom stereocenters. The Morgan fingerprint density at radius 1 is 1.18 bits per heavy atom. The molecule has 2 heterocycles. The molecule has 0 saturated heterocycles. The van der Waals surface area contributed by atoms with Crippen molar-refractivity contribution in [3.63, 3.8) is 0 Å². The van der Waals surface area contributed by atoms with Gasteiger partial charge in [-0.05, 0) is 40.2 Å². The van der Waals surface area contributed by atoms with Gasteiger partial charge in [-0.25, -0.2) is 4.98 Å². The van der Waals surface area contributed by atoms with Crippen LogP contribution in [0.15, 0.2) is 51.4 Å². The van der Waals surface area contributed by atoms with Gasteiger partial charge in [0.15, 0.2) is 4.34 Å². The number of amides is 2. The fourth-order valence-electron chi connectivity index (χ4n) is 2.07. The van der Waals surface area contributed by atoms with E-state index in [-0.39, 0.29) is 17.6 Å². The minimum atomic E-state index is -0.343. The van der Waals surface area contributed by atoms with Gasteiger partial charge in [-0.15, -0.1) is 10.2 Å². The van der Waals surface area contributed by atoms with Crippen LogP contribution in [0.2, 0.25) is 0 Å². The number of halogens is 1. The molecule has 0 spiro atoms. The zero-order valence-electron chi connectivity index (χ0n) is 14.5. The number of benzene rings is 1. The zero-order chi connectivity index (χ0) is 19.9. The minimum Gasteiger partial charge on any atom is -0.496 e. The summed E-state index contributed by atoms with van der Waals surface area (Å²) in [6, 6.07) is 10.4. The first-order chi connectivity index (χ1) is 13.5. The van der Waals surface area contributed by atoms with Crippen LogP contribution in [0.25, 0.3) is 0 Å². The largest absolute Gasteiger partial charge is 0.496 e. The van der Waals surface area contributed by atoms with Crippen LogP contribution in [0.4, 0.5) is 10.9 Å². The summed E-state index contributed by atoms with van der Waals surface area (Å²) in [6.07, 6.45) is 1.60. The molecule has 0 bridgehead atoms. The Bertz CT molecular complexity index is 981. The lowest BCUT2D eigenvalue weighted by Crippen LogP contribution is -2.14. The molecule has 11 heteroatoms. The number of nitrogens with one attached hydrogen (secondary N) is 2. The van der Waals surface area contributed by atoms with E-state index in [2.05, 4.69) is 41.7 Å². The smallest absolute Gasteiger partial charge is 0.261 e. The number of hydrogen-bond donors (Lipinski definition) is 2. The number of aromatic nitrogens is 3. The number of methoxy groups -OCH3 is 1. The van der Waals surface area contributed by atoms with Crippen LogP contribution in [0, 0.1) is 0 Å². The maximum atomic E-state index is 12.4. The normalized spacial score (nSPS) is 10.4. The highest BCUT2D eigenvalue weighted by atomic mass is 79.9. The SMILES string of the molecule is COc1ccccc1C(=O)Nc1nnc(SCC(=O)Nc2ccc(Br)cn2)s1. The van der Waals surface area contributed by atoms with Crippen molar-refractivity contribution in [2.75, 3.05) is 23.5 Å². The van der Waals surface area contributed by atoms with Gasteiger partial charge in [0.2, 0.25) is 11.0 Å². The molecule has 0 aliphatic carbocycles. The summed E-state index contributed by atoms with van der Waals surface area (Å²) >= 11 is 5.69. The summed E-state index contributed by atoms with van der Waals surface area (Å²) in [5.41, 5.74) is 0.399. The minimum absolute atomic E-state index is 0.146. The molecular weight excluding hydrogens is 466 g/mol. The van der Waals surface area contributed by atoms with E-state index in [1.54, 1.807) is 42.6 Å². The number of thioether (sulfide) groups is 1. The molecular formula is C17H14BrN5O3S2. The lowest BCUT2D eigenvalue weighted by molar-refractivity contribution is -0.113. The molecule has 3 aromatic rings. The molecule has 0 aliphatic heterocycles. The lowest BCUT2D eigenvalue weighted by Gasteiger charge is -2.06. The molecule has 2 aromatic heterocycles. The fraction of sp³-hybridized carbons (Fsp3) is 0.118. The third-order valence-corrected chi connectivity index (χ3v) is 5.74. The van der Waals surface area contributed by atoms with E-state index >= 15 is 0 Å². The highest BCUT2D eigenvalue weighted by Crippen LogP contribution is 2.27. The molecule has 2 N–H and O–H groups in total. The number of ether oxygens (including phenoxy) is 1. The van der Waals surface area contributed by atoms with Crippen LogP contribution in [0.1, 0.15) is 10.4 Å². The fourth-order valence-corrected chi connectivity index (χ4v) is 3.85. The molecule has 1 aromatic carbocycles. The Labute approximate surface area is 177 Å². The second-order valence-corrected chi connectivity index (χ2v) is 8.34. The van der Waals surface area contributed by atoms with Gasteiger partial charge in [-0.1, -0.05) is 35.2 Å². The number of carbonyl (C=O) groups excluding carboxylic acids is 2. The Morgan fingerprint density at radius 2 is 2.00 bits per heavy atom. The first-order valence-electron chi connectivity index (χ1n) is 7.87. The summed E-state index contributed by atoms with van der Waals surface area (Å²) < 4.78 is 6.57. The summed E-state index contributed by atoms with van der Waals surface area (Å²) in [7, 11) is 1.50. The van der Waals surface area contributed by atoms with Crippen LogP contribution in [0.3, 0.4) is 0 Å². The number of pyridine rings is 1. The van der Waals surface area contributed by atoms with E-state index in [9.17, 15) is 9.59 Å². The van der Waals surface area contributed by atoms with Crippen molar-refractivity contribution in [2.45, 2.75) is 4.34 Å². The molecule has 8 nitrogen and oxygen atoms in total. The number of hydrogen-bond acceptors (Lipinski definition) is 8. The van der Waals surface area contributed by atoms with Crippen molar-refractivity contribution < 1.29 is 14.3 Å². The van der Waals surface area contributed by atoms with Gasteiger partial charge in [-0.3, -0.25) is 14.9 Å². The number of para-hydroxylation sites is 1. The van der Waals surface area contributed by atoms with E-state index in [4.69, 9.17) is 4.74 Å². The lowest BCUT2D eigenvalue weighted by atomic mass is 10.2. The van der Waals surface area contributed by atoms with E-state index in [1.165, 1.54) is 30.2 Å². The molecule has 0 radical (unpaired) electrons. The third kappa shape index (κ3) is 5.50. The van der Waals surface area contributed by atoms with Crippen LogP contribution in [-0.2, 0) is 4.79 Å². The van der Waals surface area contributed by atoms with Gasteiger partial charge in [0, 0.05) is 10.7 Å². The van der Waals surface area contributed by atoms with Crippen molar-refractivity contribution in [1.82, 2.24) is 15.2 Å². The maximum Gasteiger partial charge on any atom is 0.261 e. The molecule has 0 fully saturated rings. The van der Waals surface area contributed by atoms with Gasteiger partial charge < -0.3 is 10.1 Å². The molecule has 2 amide bonds. The van der Waals surface area contributed by atoms with Gasteiger partial charge in [0.25, 0.3) is 5.91 Å².